The molecule has 1 rings (SSSR count). The summed E-state index contributed by atoms with van der Waals surface area (Å²) in [5, 5.41) is 2.63. The van der Waals surface area contributed by atoms with Crippen LogP contribution in [0.25, 0.3) is 0 Å². The van der Waals surface area contributed by atoms with Gasteiger partial charge in [-0.15, -0.1) is 0 Å². The maximum Gasteiger partial charge on any atom is 0.412 e. The predicted octanol–water partition coefficient (Wildman–Crippen LogP) is 2.64. The van der Waals surface area contributed by atoms with Gasteiger partial charge in [-0.05, 0) is 32.9 Å². The summed E-state index contributed by atoms with van der Waals surface area (Å²) in [5.74, 6) is 0.496. The Hall–Kier alpha value is -1.95. The molecule has 112 valence electrons. The largest absolute Gasteiger partial charge is 0.489 e. The molecule has 1 aromatic rings. The number of nitrogens with one attached hydrogen (secondary N) is 1. The van der Waals surface area contributed by atoms with Crippen LogP contribution in [0.2, 0.25) is 0 Å². The highest BCUT2D eigenvalue weighted by molar-refractivity contribution is 5.85. The highest BCUT2D eigenvalue weighted by Crippen LogP contribution is 2.25. The monoisotopic (exact) mass is 282 g/mol. The van der Waals surface area contributed by atoms with E-state index in [-0.39, 0.29) is 0 Å². The van der Waals surface area contributed by atoms with E-state index in [0.29, 0.717) is 30.3 Å². The summed E-state index contributed by atoms with van der Waals surface area (Å²) in [5.41, 5.74) is 6.30. The number of nitrogens with two attached hydrogens (primary N) is 1. The third-order valence-corrected chi connectivity index (χ3v) is 2.20. The van der Waals surface area contributed by atoms with Crippen LogP contribution in [0.4, 0.5) is 16.2 Å². The first kappa shape index (κ1) is 16.1. The lowest BCUT2D eigenvalue weighted by molar-refractivity contribution is 0.0636. The standard InChI is InChI=1S/C14H22N2O4/c1-14(2,3)20-13(17)16-10-5-6-11(15)12(9-10)19-8-7-18-4/h5-6,9H,7-8,15H2,1-4H3,(H,16,17). The fourth-order valence-electron chi connectivity index (χ4n) is 1.39. The van der Waals surface area contributed by atoms with E-state index in [9.17, 15) is 4.79 Å². The second-order valence-corrected chi connectivity index (χ2v) is 5.22. The summed E-state index contributed by atoms with van der Waals surface area (Å²) in [6.45, 7) is 6.25. The fraction of sp³-hybridized carbons (Fsp3) is 0.500. The van der Waals surface area contributed by atoms with Gasteiger partial charge in [0.05, 0.1) is 12.3 Å². The molecule has 0 saturated carbocycles. The van der Waals surface area contributed by atoms with Crippen molar-refractivity contribution in [3.8, 4) is 5.75 Å². The third kappa shape index (κ3) is 5.79. The van der Waals surface area contributed by atoms with E-state index in [1.54, 1.807) is 46.1 Å². The molecule has 0 aliphatic heterocycles. The van der Waals surface area contributed by atoms with Gasteiger partial charge in [-0.3, -0.25) is 5.32 Å². The molecule has 6 nitrogen and oxygen atoms in total. The molecule has 0 spiro atoms. The molecule has 0 heterocycles. The van der Waals surface area contributed by atoms with Crippen LogP contribution in [-0.2, 0) is 9.47 Å². The predicted molar refractivity (Wildman–Crippen MR) is 78.1 cm³/mol. The van der Waals surface area contributed by atoms with Gasteiger partial charge in [-0.2, -0.15) is 0 Å². The summed E-state index contributed by atoms with van der Waals surface area (Å²) >= 11 is 0. The Morgan fingerprint density at radius 1 is 1.30 bits per heavy atom. The Labute approximate surface area is 119 Å². The van der Waals surface area contributed by atoms with Crippen molar-refractivity contribution < 1.29 is 19.0 Å². The van der Waals surface area contributed by atoms with Crippen LogP contribution < -0.4 is 15.8 Å². The summed E-state index contributed by atoms with van der Waals surface area (Å²) in [6, 6.07) is 4.99. The van der Waals surface area contributed by atoms with Crippen molar-refractivity contribution in [1.82, 2.24) is 0 Å². The number of nitrogen functional groups attached to an aromatic ring is 1. The lowest BCUT2D eigenvalue weighted by atomic mass is 10.2. The number of ether oxygens (including phenoxy) is 3. The van der Waals surface area contributed by atoms with Crippen LogP contribution in [-0.4, -0.2) is 32.0 Å². The van der Waals surface area contributed by atoms with Crippen LogP contribution in [0.1, 0.15) is 20.8 Å². The molecular formula is C14H22N2O4. The molecule has 0 bridgehead atoms. The lowest BCUT2D eigenvalue weighted by Gasteiger charge is -2.20. The molecule has 0 radical (unpaired) electrons. The smallest absolute Gasteiger partial charge is 0.412 e. The van der Waals surface area contributed by atoms with Crippen LogP contribution >= 0.6 is 0 Å². The average molecular weight is 282 g/mol. The van der Waals surface area contributed by atoms with Gasteiger partial charge in [0.15, 0.2) is 0 Å². The molecule has 0 atom stereocenters. The van der Waals surface area contributed by atoms with Crippen molar-refractivity contribution in [3.05, 3.63) is 18.2 Å². The first-order valence-corrected chi connectivity index (χ1v) is 6.33. The minimum atomic E-state index is -0.546. The Morgan fingerprint density at radius 3 is 2.60 bits per heavy atom. The third-order valence-electron chi connectivity index (χ3n) is 2.20. The molecule has 1 amide bonds. The summed E-state index contributed by atoms with van der Waals surface area (Å²) in [4.78, 5) is 11.7. The molecule has 3 N–H and O–H groups in total. The van der Waals surface area contributed by atoms with Crippen LogP contribution in [0.15, 0.2) is 18.2 Å². The zero-order valence-electron chi connectivity index (χ0n) is 12.4. The van der Waals surface area contributed by atoms with Gasteiger partial charge >= 0.3 is 6.09 Å². The Balaban J connectivity index is 2.67. The molecular weight excluding hydrogens is 260 g/mol. The van der Waals surface area contributed by atoms with E-state index < -0.39 is 11.7 Å². The topological polar surface area (TPSA) is 82.8 Å². The van der Waals surface area contributed by atoms with E-state index >= 15 is 0 Å². The first-order valence-electron chi connectivity index (χ1n) is 6.33. The number of methoxy groups -OCH3 is 1. The van der Waals surface area contributed by atoms with Crippen LogP contribution in [0.5, 0.6) is 5.75 Å². The number of carbonyl (C=O) groups excluding carboxylic acids is 1. The second kappa shape index (κ2) is 7.00. The normalized spacial score (nSPS) is 11.0. The maximum absolute atomic E-state index is 11.7. The van der Waals surface area contributed by atoms with Gasteiger partial charge in [-0.1, -0.05) is 0 Å². The average Bonchev–Trinajstić information content (AvgIpc) is 2.31. The zero-order chi connectivity index (χ0) is 15.2. The maximum atomic E-state index is 11.7. The quantitative estimate of drug-likeness (QED) is 0.641. The number of benzene rings is 1. The van der Waals surface area contributed by atoms with E-state index in [2.05, 4.69) is 5.32 Å². The molecule has 1 aromatic carbocycles. The van der Waals surface area contributed by atoms with E-state index in [1.165, 1.54) is 0 Å². The minimum absolute atomic E-state index is 0.386. The van der Waals surface area contributed by atoms with Crippen molar-refractivity contribution in [1.29, 1.82) is 0 Å². The van der Waals surface area contributed by atoms with Gasteiger partial charge in [-0.25, -0.2) is 4.79 Å². The van der Waals surface area contributed by atoms with Crippen molar-refractivity contribution >= 4 is 17.5 Å². The Bertz CT molecular complexity index is 455. The molecule has 0 saturated heterocycles. The van der Waals surface area contributed by atoms with Gasteiger partial charge in [0.1, 0.15) is 18.0 Å². The highest BCUT2D eigenvalue weighted by atomic mass is 16.6. The molecule has 0 aliphatic rings. The number of carbonyl (C=O) groups is 1. The number of hydrogen-bond donors (Lipinski definition) is 2. The lowest BCUT2D eigenvalue weighted by Crippen LogP contribution is -2.27. The fourth-order valence-corrected chi connectivity index (χ4v) is 1.39. The zero-order valence-corrected chi connectivity index (χ0v) is 12.4. The molecule has 0 unspecified atom stereocenters. The van der Waals surface area contributed by atoms with E-state index in [0.717, 1.165) is 0 Å². The SMILES string of the molecule is COCCOc1cc(NC(=O)OC(C)(C)C)ccc1N. The molecule has 0 aliphatic carbocycles. The minimum Gasteiger partial charge on any atom is -0.489 e. The first-order chi connectivity index (χ1) is 9.31. The molecule has 6 heteroatoms. The van der Waals surface area contributed by atoms with Crippen LogP contribution in [0, 0.1) is 0 Å². The van der Waals surface area contributed by atoms with Gasteiger partial charge in [0.2, 0.25) is 0 Å². The summed E-state index contributed by atoms with van der Waals surface area (Å²) in [7, 11) is 1.59. The summed E-state index contributed by atoms with van der Waals surface area (Å²) in [6.07, 6.45) is -0.523. The van der Waals surface area contributed by atoms with Crippen molar-refractivity contribution in [2.24, 2.45) is 0 Å². The second-order valence-electron chi connectivity index (χ2n) is 5.22. The number of rotatable bonds is 5. The van der Waals surface area contributed by atoms with E-state index in [1.807, 2.05) is 0 Å². The van der Waals surface area contributed by atoms with Crippen LogP contribution in [0.3, 0.4) is 0 Å². The Kier molecular flexibility index (Phi) is 5.64. The molecule has 20 heavy (non-hydrogen) atoms. The number of amides is 1. The van der Waals surface area contributed by atoms with Gasteiger partial charge in [0.25, 0.3) is 0 Å². The number of hydrogen-bond acceptors (Lipinski definition) is 5. The summed E-state index contributed by atoms with van der Waals surface area (Å²) < 4.78 is 15.5. The van der Waals surface area contributed by atoms with Crippen molar-refractivity contribution in [2.75, 3.05) is 31.4 Å². The Morgan fingerprint density at radius 2 is 2.00 bits per heavy atom. The number of anilines is 2. The van der Waals surface area contributed by atoms with Crippen molar-refractivity contribution in [3.63, 3.8) is 0 Å². The molecule has 0 fully saturated rings. The van der Waals surface area contributed by atoms with Gasteiger partial charge < -0.3 is 19.9 Å². The van der Waals surface area contributed by atoms with E-state index in [4.69, 9.17) is 19.9 Å². The highest BCUT2D eigenvalue weighted by Gasteiger charge is 2.16. The molecule has 0 aromatic heterocycles. The van der Waals surface area contributed by atoms with Crippen molar-refractivity contribution in [2.45, 2.75) is 26.4 Å². The van der Waals surface area contributed by atoms with Gasteiger partial charge in [0, 0.05) is 18.9 Å².